The van der Waals surface area contributed by atoms with Gasteiger partial charge in [-0.2, -0.15) is 5.26 Å². The van der Waals surface area contributed by atoms with E-state index >= 15 is 0 Å². The number of hydrogen-bond acceptors (Lipinski definition) is 4. The van der Waals surface area contributed by atoms with Gasteiger partial charge in [-0.3, -0.25) is 4.79 Å². The lowest BCUT2D eigenvalue weighted by Crippen LogP contribution is -2.13. The lowest BCUT2D eigenvalue weighted by atomic mass is 10.1. The van der Waals surface area contributed by atoms with Gasteiger partial charge in [-0.05, 0) is 55.3 Å². The van der Waals surface area contributed by atoms with E-state index in [1.807, 2.05) is 19.9 Å². The minimum absolute atomic E-state index is 0.0814. The SMILES string of the molecule is C#CCOc1cc(Br)c(/C=C(\C#N)C(=O)Nc2ccc(C)c(Cl)c2)cc1OCC. The van der Waals surface area contributed by atoms with E-state index in [0.29, 0.717) is 38.9 Å². The van der Waals surface area contributed by atoms with Gasteiger partial charge in [0.05, 0.1) is 6.61 Å². The standard InChI is InChI=1S/C22H18BrClN2O3/c1-4-8-29-21-12-18(23)15(10-20(21)28-5-2)9-16(13-25)22(27)26-17-7-6-14(3)19(24)11-17/h1,6-7,9-12H,5,8H2,2-3H3,(H,26,27)/b16-9+. The quantitative estimate of drug-likeness (QED) is 0.333. The minimum Gasteiger partial charge on any atom is -0.490 e. The van der Waals surface area contributed by atoms with Crippen molar-refractivity contribution in [3.8, 4) is 29.9 Å². The van der Waals surface area contributed by atoms with Crippen molar-refractivity contribution in [2.24, 2.45) is 0 Å². The molecule has 2 aromatic carbocycles. The van der Waals surface area contributed by atoms with E-state index in [1.54, 1.807) is 30.3 Å². The second-order valence-electron chi connectivity index (χ2n) is 5.83. The monoisotopic (exact) mass is 472 g/mol. The summed E-state index contributed by atoms with van der Waals surface area (Å²) in [6.45, 7) is 4.20. The third kappa shape index (κ3) is 6.02. The first-order valence-corrected chi connectivity index (χ1v) is 9.78. The number of ether oxygens (including phenoxy) is 2. The highest BCUT2D eigenvalue weighted by molar-refractivity contribution is 9.10. The van der Waals surface area contributed by atoms with Crippen LogP contribution in [0.5, 0.6) is 11.5 Å². The maximum atomic E-state index is 12.5. The number of nitriles is 1. The Morgan fingerprint density at radius 3 is 2.66 bits per heavy atom. The molecule has 29 heavy (non-hydrogen) atoms. The number of aryl methyl sites for hydroxylation is 1. The Labute approximate surface area is 183 Å². The predicted octanol–water partition coefficient (Wildman–Crippen LogP) is 5.37. The van der Waals surface area contributed by atoms with Gasteiger partial charge in [0.15, 0.2) is 11.5 Å². The summed E-state index contributed by atoms with van der Waals surface area (Å²) < 4.78 is 11.7. The fourth-order valence-corrected chi connectivity index (χ4v) is 2.95. The molecular weight excluding hydrogens is 456 g/mol. The minimum atomic E-state index is -0.551. The number of halogens is 2. The second-order valence-corrected chi connectivity index (χ2v) is 7.10. The van der Waals surface area contributed by atoms with Crippen LogP contribution in [0.1, 0.15) is 18.1 Å². The van der Waals surface area contributed by atoms with Crippen LogP contribution in [0.15, 0.2) is 40.4 Å². The van der Waals surface area contributed by atoms with Gasteiger partial charge in [-0.1, -0.05) is 39.5 Å². The number of hydrogen-bond donors (Lipinski definition) is 1. The Morgan fingerprint density at radius 2 is 2.03 bits per heavy atom. The number of carbonyl (C=O) groups is 1. The lowest BCUT2D eigenvalue weighted by molar-refractivity contribution is -0.112. The highest BCUT2D eigenvalue weighted by Gasteiger charge is 2.14. The number of nitrogens with one attached hydrogen (secondary N) is 1. The molecule has 2 aromatic rings. The van der Waals surface area contributed by atoms with E-state index in [1.165, 1.54) is 6.08 Å². The zero-order chi connectivity index (χ0) is 21.4. The topological polar surface area (TPSA) is 71.3 Å². The van der Waals surface area contributed by atoms with E-state index < -0.39 is 5.91 Å². The van der Waals surface area contributed by atoms with Gasteiger partial charge in [-0.25, -0.2) is 0 Å². The normalized spacial score (nSPS) is 10.6. The van der Waals surface area contributed by atoms with Crippen molar-refractivity contribution in [3.63, 3.8) is 0 Å². The molecule has 1 amide bonds. The highest BCUT2D eigenvalue weighted by Crippen LogP contribution is 2.35. The number of rotatable bonds is 7. The molecule has 0 bridgehead atoms. The Bertz CT molecular complexity index is 1040. The largest absolute Gasteiger partial charge is 0.490 e. The maximum absolute atomic E-state index is 12.5. The first kappa shape index (κ1) is 22.4. The highest BCUT2D eigenvalue weighted by atomic mass is 79.9. The summed E-state index contributed by atoms with van der Waals surface area (Å²) in [4.78, 5) is 12.5. The average Bonchev–Trinajstić information content (AvgIpc) is 2.69. The molecule has 148 valence electrons. The van der Waals surface area contributed by atoms with Gasteiger partial charge in [-0.15, -0.1) is 6.42 Å². The van der Waals surface area contributed by atoms with Crippen molar-refractivity contribution >= 4 is 45.2 Å². The van der Waals surface area contributed by atoms with Crippen molar-refractivity contribution in [2.75, 3.05) is 18.5 Å². The molecule has 0 spiro atoms. The van der Waals surface area contributed by atoms with Crippen LogP contribution < -0.4 is 14.8 Å². The first-order valence-electron chi connectivity index (χ1n) is 8.61. The second kappa shape index (κ2) is 10.6. The van der Waals surface area contributed by atoms with Gasteiger partial charge < -0.3 is 14.8 Å². The molecule has 0 saturated heterocycles. The number of benzene rings is 2. The van der Waals surface area contributed by atoms with Crippen molar-refractivity contribution in [1.82, 2.24) is 0 Å². The predicted molar refractivity (Wildman–Crippen MR) is 118 cm³/mol. The Hall–Kier alpha value is -2.93. The zero-order valence-corrected chi connectivity index (χ0v) is 18.2. The van der Waals surface area contributed by atoms with Crippen LogP contribution in [-0.4, -0.2) is 19.1 Å². The molecule has 0 fully saturated rings. The molecule has 0 aliphatic rings. The fraction of sp³-hybridized carbons (Fsp3) is 0.182. The summed E-state index contributed by atoms with van der Waals surface area (Å²) in [7, 11) is 0. The molecule has 0 unspecified atom stereocenters. The molecule has 0 aliphatic heterocycles. The van der Waals surface area contributed by atoms with Crippen LogP contribution in [0.2, 0.25) is 5.02 Å². The van der Waals surface area contributed by atoms with E-state index in [2.05, 4.69) is 27.2 Å². The number of anilines is 1. The average molecular weight is 474 g/mol. The number of amides is 1. The molecule has 1 N–H and O–H groups in total. The van der Waals surface area contributed by atoms with Crippen molar-refractivity contribution in [1.29, 1.82) is 5.26 Å². The van der Waals surface area contributed by atoms with Gasteiger partial charge >= 0.3 is 0 Å². The summed E-state index contributed by atoms with van der Waals surface area (Å²) in [6.07, 6.45) is 6.70. The number of nitrogens with zero attached hydrogens (tertiary/aromatic N) is 1. The van der Waals surface area contributed by atoms with Crippen LogP contribution in [0, 0.1) is 30.6 Å². The fourth-order valence-electron chi connectivity index (χ4n) is 2.34. The summed E-state index contributed by atoms with van der Waals surface area (Å²) >= 11 is 9.51. The zero-order valence-electron chi connectivity index (χ0n) is 15.9. The summed E-state index contributed by atoms with van der Waals surface area (Å²) in [5, 5.41) is 12.7. The number of terminal acetylenes is 1. The van der Waals surface area contributed by atoms with Crippen LogP contribution in [-0.2, 0) is 4.79 Å². The van der Waals surface area contributed by atoms with Crippen molar-refractivity contribution in [3.05, 3.63) is 56.5 Å². The van der Waals surface area contributed by atoms with E-state index in [4.69, 9.17) is 27.5 Å². The van der Waals surface area contributed by atoms with E-state index in [0.717, 1.165) is 5.56 Å². The van der Waals surface area contributed by atoms with Crippen molar-refractivity contribution < 1.29 is 14.3 Å². The third-order valence-corrected chi connectivity index (χ3v) is 4.86. The molecule has 2 rings (SSSR count). The molecule has 0 aliphatic carbocycles. The van der Waals surface area contributed by atoms with Crippen LogP contribution in [0.25, 0.3) is 6.08 Å². The summed E-state index contributed by atoms with van der Waals surface area (Å²) in [5.74, 6) is 2.77. The molecule has 0 saturated carbocycles. The number of carbonyl (C=O) groups excluding carboxylic acids is 1. The van der Waals surface area contributed by atoms with E-state index in [-0.39, 0.29) is 12.2 Å². The summed E-state index contributed by atoms with van der Waals surface area (Å²) in [5.41, 5.74) is 1.89. The molecular formula is C22H18BrClN2O3. The first-order chi connectivity index (χ1) is 13.9. The maximum Gasteiger partial charge on any atom is 0.266 e. The Kier molecular flexibility index (Phi) is 8.15. The van der Waals surface area contributed by atoms with Gasteiger partial charge in [0.1, 0.15) is 18.2 Å². The van der Waals surface area contributed by atoms with E-state index in [9.17, 15) is 10.1 Å². The van der Waals surface area contributed by atoms with Crippen LogP contribution >= 0.6 is 27.5 Å². The Morgan fingerprint density at radius 1 is 1.31 bits per heavy atom. The summed E-state index contributed by atoms with van der Waals surface area (Å²) in [6, 6.07) is 10.4. The molecule has 5 nitrogen and oxygen atoms in total. The molecule has 0 heterocycles. The lowest BCUT2D eigenvalue weighted by Gasteiger charge is -2.13. The Balaban J connectivity index is 2.34. The molecule has 0 aromatic heterocycles. The molecule has 7 heteroatoms. The van der Waals surface area contributed by atoms with Gasteiger partial charge in [0, 0.05) is 15.2 Å². The van der Waals surface area contributed by atoms with Gasteiger partial charge in [0.25, 0.3) is 5.91 Å². The smallest absolute Gasteiger partial charge is 0.266 e. The molecule has 0 radical (unpaired) electrons. The van der Waals surface area contributed by atoms with Gasteiger partial charge in [0.2, 0.25) is 0 Å². The third-order valence-electron chi connectivity index (χ3n) is 3.77. The van der Waals surface area contributed by atoms with Crippen LogP contribution in [0.4, 0.5) is 5.69 Å². The van der Waals surface area contributed by atoms with Crippen LogP contribution in [0.3, 0.4) is 0 Å². The van der Waals surface area contributed by atoms with Crippen molar-refractivity contribution in [2.45, 2.75) is 13.8 Å². The molecule has 0 atom stereocenters.